The molecule has 6 heteroatoms. The first-order chi connectivity index (χ1) is 12.5. The minimum absolute atomic E-state index is 0.0626. The zero-order valence-electron chi connectivity index (χ0n) is 15.6. The molecule has 6 nitrogen and oxygen atoms in total. The zero-order chi connectivity index (χ0) is 19.1. The molecule has 1 fully saturated rings. The number of likely N-dealkylation sites (tertiary alicyclic amines) is 1. The Morgan fingerprint density at radius 1 is 1.35 bits per heavy atom. The number of benzene rings is 1. The topological polar surface area (TPSA) is 92.5 Å². The Bertz CT molecular complexity index is 620. The summed E-state index contributed by atoms with van der Waals surface area (Å²) in [5, 5.41) is 2.78. The molecule has 1 heterocycles. The average Bonchev–Trinajstić information content (AvgIpc) is 3.16. The first-order valence-electron chi connectivity index (χ1n) is 9.33. The van der Waals surface area contributed by atoms with Crippen LogP contribution in [0.15, 0.2) is 30.3 Å². The molecule has 2 amide bonds. The molecule has 1 aliphatic heterocycles. The monoisotopic (exact) mass is 359 g/mol. The standard InChI is InChI=1S/C20H29N3O3/c1-3-14(2)18(21)20(26)23-11-7-10-17(23)19(25)22-16(13-24)12-15-8-5-4-6-9-15/h4-6,8-9,13-14,16-18H,3,7,10-12,21H2,1-2H3,(H,22,25)/t14-,16-,17-,18-/m1/s1. The van der Waals surface area contributed by atoms with Crippen LogP contribution in [-0.4, -0.2) is 47.7 Å². The summed E-state index contributed by atoms with van der Waals surface area (Å²) < 4.78 is 0. The highest BCUT2D eigenvalue weighted by molar-refractivity contribution is 5.91. The van der Waals surface area contributed by atoms with Crippen LogP contribution in [0.3, 0.4) is 0 Å². The molecule has 2 rings (SSSR count). The van der Waals surface area contributed by atoms with Gasteiger partial charge < -0.3 is 20.7 Å². The Labute approximate surface area is 155 Å². The van der Waals surface area contributed by atoms with E-state index in [0.717, 1.165) is 24.7 Å². The lowest BCUT2D eigenvalue weighted by Crippen LogP contribution is -2.54. The number of carbonyl (C=O) groups is 3. The molecule has 0 radical (unpaired) electrons. The van der Waals surface area contributed by atoms with Gasteiger partial charge in [-0.05, 0) is 30.7 Å². The summed E-state index contributed by atoms with van der Waals surface area (Å²) in [5.41, 5.74) is 7.04. The van der Waals surface area contributed by atoms with Gasteiger partial charge in [0.05, 0.1) is 12.1 Å². The van der Waals surface area contributed by atoms with E-state index in [1.165, 1.54) is 0 Å². The Morgan fingerprint density at radius 3 is 2.65 bits per heavy atom. The van der Waals surface area contributed by atoms with E-state index < -0.39 is 18.1 Å². The maximum atomic E-state index is 12.7. The lowest BCUT2D eigenvalue weighted by atomic mass is 9.98. The molecule has 1 aromatic carbocycles. The highest BCUT2D eigenvalue weighted by atomic mass is 16.2. The van der Waals surface area contributed by atoms with Crippen molar-refractivity contribution in [1.29, 1.82) is 0 Å². The number of nitrogens with zero attached hydrogens (tertiary/aromatic N) is 1. The van der Waals surface area contributed by atoms with Gasteiger partial charge >= 0.3 is 0 Å². The van der Waals surface area contributed by atoms with E-state index in [4.69, 9.17) is 5.73 Å². The molecule has 4 atom stereocenters. The zero-order valence-corrected chi connectivity index (χ0v) is 15.6. The largest absolute Gasteiger partial charge is 0.344 e. The molecule has 1 aliphatic rings. The van der Waals surface area contributed by atoms with Crippen LogP contribution in [0.25, 0.3) is 0 Å². The fourth-order valence-electron chi connectivity index (χ4n) is 3.27. The minimum atomic E-state index is -0.606. The van der Waals surface area contributed by atoms with Gasteiger partial charge in [0, 0.05) is 6.54 Å². The van der Waals surface area contributed by atoms with Crippen molar-refractivity contribution in [2.24, 2.45) is 11.7 Å². The molecule has 142 valence electrons. The third-order valence-corrected chi connectivity index (χ3v) is 5.17. The van der Waals surface area contributed by atoms with E-state index in [1.54, 1.807) is 4.90 Å². The van der Waals surface area contributed by atoms with Gasteiger partial charge in [-0.3, -0.25) is 9.59 Å². The van der Waals surface area contributed by atoms with E-state index in [9.17, 15) is 14.4 Å². The van der Waals surface area contributed by atoms with Crippen LogP contribution in [-0.2, 0) is 20.8 Å². The van der Waals surface area contributed by atoms with Crippen molar-refractivity contribution in [3.8, 4) is 0 Å². The quantitative estimate of drug-likeness (QED) is 0.684. The summed E-state index contributed by atoms with van der Waals surface area (Å²) >= 11 is 0. The molecule has 0 unspecified atom stereocenters. The van der Waals surface area contributed by atoms with Crippen molar-refractivity contribution >= 4 is 18.1 Å². The number of hydrogen-bond acceptors (Lipinski definition) is 4. The maximum Gasteiger partial charge on any atom is 0.243 e. The lowest BCUT2D eigenvalue weighted by Gasteiger charge is -2.29. The van der Waals surface area contributed by atoms with E-state index in [2.05, 4.69) is 5.32 Å². The lowest BCUT2D eigenvalue weighted by molar-refractivity contribution is -0.140. The van der Waals surface area contributed by atoms with Crippen molar-refractivity contribution in [3.05, 3.63) is 35.9 Å². The smallest absolute Gasteiger partial charge is 0.243 e. The van der Waals surface area contributed by atoms with Crippen LogP contribution in [0, 0.1) is 5.92 Å². The molecule has 26 heavy (non-hydrogen) atoms. The summed E-state index contributed by atoms with van der Waals surface area (Å²) in [4.78, 5) is 38.3. The first-order valence-corrected chi connectivity index (χ1v) is 9.33. The Hall–Kier alpha value is -2.21. The van der Waals surface area contributed by atoms with E-state index in [0.29, 0.717) is 19.4 Å². The second-order valence-electron chi connectivity index (χ2n) is 7.04. The molecular weight excluding hydrogens is 330 g/mol. The third kappa shape index (κ3) is 4.91. The first kappa shape index (κ1) is 20.1. The van der Waals surface area contributed by atoms with Crippen molar-refractivity contribution in [1.82, 2.24) is 10.2 Å². The number of amides is 2. The molecule has 0 aromatic heterocycles. The summed E-state index contributed by atoms with van der Waals surface area (Å²) in [6.07, 6.45) is 3.35. The summed E-state index contributed by atoms with van der Waals surface area (Å²) in [7, 11) is 0. The predicted octanol–water partition coefficient (Wildman–Crippen LogP) is 1.28. The second kappa shape index (κ2) is 9.48. The van der Waals surface area contributed by atoms with Crippen molar-refractivity contribution in [2.75, 3.05) is 6.54 Å². The Kier molecular flexibility index (Phi) is 7.33. The van der Waals surface area contributed by atoms with Crippen molar-refractivity contribution in [3.63, 3.8) is 0 Å². The summed E-state index contributed by atoms with van der Waals surface area (Å²) in [5.74, 6) is -0.393. The highest BCUT2D eigenvalue weighted by Crippen LogP contribution is 2.20. The Morgan fingerprint density at radius 2 is 2.04 bits per heavy atom. The van der Waals surface area contributed by atoms with Crippen LogP contribution in [0.2, 0.25) is 0 Å². The van der Waals surface area contributed by atoms with Gasteiger partial charge in [0.1, 0.15) is 12.3 Å². The van der Waals surface area contributed by atoms with E-state index >= 15 is 0 Å². The van der Waals surface area contributed by atoms with Crippen molar-refractivity contribution in [2.45, 2.75) is 57.7 Å². The molecular formula is C20H29N3O3. The van der Waals surface area contributed by atoms with Crippen LogP contribution in [0.1, 0.15) is 38.7 Å². The fraction of sp³-hybridized carbons (Fsp3) is 0.550. The SMILES string of the molecule is CC[C@@H](C)[C@@H](N)C(=O)N1CCC[C@@H]1C(=O)N[C@@H](C=O)Cc1ccccc1. The van der Waals surface area contributed by atoms with Gasteiger partial charge in [-0.15, -0.1) is 0 Å². The molecule has 0 spiro atoms. The third-order valence-electron chi connectivity index (χ3n) is 5.17. The van der Waals surface area contributed by atoms with Gasteiger partial charge in [-0.2, -0.15) is 0 Å². The number of aldehydes is 1. The Balaban J connectivity index is 2.00. The average molecular weight is 359 g/mol. The molecule has 0 saturated carbocycles. The fourth-order valence-corrected chi connectivity index (χ4v) is 3.27. The highest BCUT2D eigenvalue weighted by Gasteiger charge is 2.37. The number of hydrogen-bond donors (Lipinski definition) is 2. The van der Waals surface area contributed by atoms with Gasteiger partial charge in [0.15, 0.2) is 0 Å². The number of nitrogens with one attached hydrogen (secondary N) is 1. The number of rotatable bonds is 8. The second-order valence-corrected chi connectivity index (χ2v) is 7.04. The van der Waals surface area contributed by atoms with Crippen LogP contribution in [0.5, 0.6) is 0 Å². The predicted molar refractivity (Wildman–Crippen MR) is 100 cm³/mol. The number of nitrogens with two attached hydrogens (primary N) is 1. The molecule has 3 N–H and O–H groups in total. The van der Waals surface area contributed by atoms with Crippen molar-refractivity contribution < 1.29 is 14.4 Å². The minimum Gasteiger partial charge on any atom is -0.344 e. The van der Waals surface area contributed by atoms with Crippen LogP contribution >= 0.6 is 0 Å². The normalized spacial score (nSPS) is 20.3. The molecule has 1 saturated heterocycles. The maximum absolute atomic E-state index is 12.7. The number of carbonyl (C=O) groups excluding carboxylic acids is 3. The van der Waals surface area contributed by atoms with Gasteiger partial charge in [-0.25, -0.2) is 0 Å². The van der Waals surface area contributed by atoms with Gasteiger partial charge in [0.25, 0.3) is 0 Å². The summed E-state index contributed by atoms with van der Waals surface area (Å²) in [6, 6.07) is 7.78. The molecule has 0 aliphatic carbocycles. The summed E-state index contributed by atoms with van der Waals surface area (Å²) in [6.45, 7) is 4.46. The van der Waals surface area contributed by atoms with Gasteiger partial charge in [-0.1, -0.05) is 50.6 Å². The van der Waals surface area contributed by atoms with E-state index in [-0.39, 0.29) is 17.7 Å². The van der Waals surface area contributed by atoms with Gasteiger partial charge in [0.2, 0.25) is 11.8 Å². The van der Waals surface area contributed by atoms with E-state index in [1.807, 2.05) is 44.2 Å². The van der Waals surface area contributed by atoms with Crippen LogP contribution < -0.4 is 11.1 Å². The molecule has 0 bridgehead atoms. The molecule has 1 aromatic rings. The van der Waals surface area contributed by atoms with Crippen LogP contribution in [0.4, 0.5) is 0 Å².